The van der Waals surface area contributed by atoms with Gasteiger partial charge in [-0.05, 0) is 38.3 Å². The first-order valence-corrected chi connectivity index (χ1v) is 6.27. The highest BCUT2D eigenvalue weighted by atomic mass is 16.1. The molecule has 0 spiro atoms. The van der Waals surface area contributed by atoms with E-state index in [2.05, 4.69) is 9.88 Å². The number of primary amides is 1. The topological polar surface area (TPSA) is 85.2 Å². The fourth-order valence-electron chi connectivity index (χ4n) is 2.32. The lowest BCUT2D eigenvalue weighted by atomic mass is 10.0. The molecule has 1 aliphatic heterocycles. The Hall–Kier alpha value is -1.62. The summed E-state index contributed by atoms with van der Waals surface area (Å²) in [5.41, 5.74) is 13.8. The zero-order valence-corrected chi connectivity index (χ0v) is 10.9. The predicted octanol–water partition coefficient (Wildman–Crippen LogP) is 0.725. The number of nitrogens with zero attached hydrogens (tertiary/aromatic N) is 2. The molecule has 1 aromatic rings. The molecule has 0 saturated carbocycles. The molecule has 0 bridgehead atoms. The summed E-state index contributed by atoms with van der Waals surface area (Å²) in [5, 5.41) is 0. The average molecular weight is 248 g/mol. The number of aromatic nitrogens is 1. The number of hydrogen-bond acceptors (Lipinski definition) is 4. The molecular weight excluding hydrogens is 228 g/mol. The molecule has 1 aromatic heterocycles. The molecule has 5 heteroatoms. The van der Waals surface area contributed by atoms with Gasteiger partial charge in [-0.15, -0.1) is 0 Å². The van der Waals surface area contributed by atoms with Gasteiger partial charge in [0.2, 0.25) is 0 Å². The van der Waals surface area contributed by atoms with Gasteiger partial charge in [-0.25, -0.2) is 4.98 Å². The minimum Gasteiger partial charge on any atom is -0.365 e. The molecule has 98 valence electrons. The Labute approximate surface area is 107 Å². The highest BCUT2D eigenvalue weighted by Gasteiger charge is 2.22. The summed E-state index contributed by atoms with van der Waals surface area (Å²) in [7, 11) is 0. The summed E-state index contributed by atoms with van der Waals surface area (Å²) >= 11 is 0. The maximum atomic E-state index is 11.5. The molecule has 2 rings (SSSR count). The third kappa shape index (κ3) is 2.46. The number of amides is 1. The predicted molar refractivity (Wildman–Crippen MR) is 71.7 cm³/mol. The summed E-state index contributed by atoms with van der Waals surface area (Å²) in [5.74, 6) is 0.250. The van der Waals surface area contributed by atoms with Crippen molar-refractivity contribution in [1.82, 2.24) is 4.98 Å². The first kappa shape index (κ1) is 12.8. The van der Waals surface area contributed by atoms with Crippen LogP contribution < -0.4 is 16.4 Å². The Balaban J connectivity index is 2.41. The number of anilines is 1. The minimum atomic E-state index is -0.431. The van der Waals surface area contributed by atoms with Crippen LogP contribution in [0.3, 0.4) is 0 Å². The Kier molecular flexibility index (Phi) is 3.52. The monoisotopic (exact) mass is 248 g/mol. The first-order chi connectivity index (χ1) is 8.49. The van der Waals surface area contributed by atoms with Crippen LogP contribution in [-0.4, -0.2) is 30.0 Å². The smallest absolute Gasteiger partial charge is 0.252 e. The fraction of sp³-hybridized carbons (Fsp3) is 0.538. The maximum absolute atomic E-state index is 11.5. The minimum absolute atomic E-state index is 0.142. The van der Waals surface area contributed by atoms with Crippen molar-refractivity contribution in [3.63, 3.8) is 0 Å². The van der Waals surface area contributed by atoms with Gasteiger partial charge in [0.1, 0.15) is 5.82 Å². The molecule has 1 saturated heterocycles. The van der Waals surface area contributed by atoms with Gasteiger partial charge in [-0.2, -0.15) is 0 Å². The number of nitrogens with two attached hydrogens (primary N) is 2. The van der Waals surface area contributed by atoms with Gasteiger partial charge in [0.05, 0.1) is 5.56 Å². The van der Waals surface area contributed by atoms with Gasteiger partial charge in [0.15, 0.2) is 0 Å². The van der Waals surface area contributed by atoms with Gasteiger partial charge in [-0.3, -0.25) is 4.79 Å². The van der Waals surface area contributed by atoms with Gasteiger partial charge in [0, 0.05) is 24.8 Å². The molecule has 0 aromatic carbocycles. The number of aryl methyl sites for hydroxylation is 2. The molecule has 1 fully saturated rings. The summed E-state index contributed by atoms with van der Waals surface area (Å²) in [4.78, 5) is 18.1. The summed E-state index contributed by atoms with van der Waals surface area (Å²) in [6, 6.07) is 1.96. The molecular formula is C13H20N4O. The lowest BCUT2D eigenvalue weighted by Crippen LogP contribution is -2.44. The van der Waals surface area contributed by atoms with Gasteiger partial charge in [-0.1, -0.05) is 0 Å². The third-order valence-electron chi connectivity index (χ3n) is 3.47. The molecule has 0 radical (unpaired) electrons. The van der Waals surface area contributed by atoms with Crippen LogP contribution in [-0.2, 0) is 0 Å². The number of rotatable bonds is 2. The zero-order chi connectivity index (χ0) is 13.3. The van der Waals surface area contributed by atoms with E-state index in [1.54, 1.807) is 0 Å². The van der Waals surface area contributed by atoms with Crippen LogP contribution in [0.4, 0.5) is 5.82 Å². The second kappa shape index (κ2) is 4.94. The van der Waals surface area contributed by atoms with E-state index in [0.717, 1.165) is 37.2 Å². The number of pyridine rings is 1. The number of hydrogen-bond donors (Lipinski definition) is 2. The van der Waals surface area contributed by atoms with Crippen LogP contribution in [0.5, 0.6) is 0 Å². The molecule has 4 N–H and O–H groups in total. The van der Waals surface area contributed by atoms with E-state index >= 15 is 0 Å². The standard InChI is InChI=1S/C13H20N4O/c1-8-6-11(12(15)18)13(16-9(8)2)17-5-3-4-10(14)7-17/h6,10H,3-5,7,14H2,1-2H3,(H2,15,18)/t10-/m1/s1. The SMILES string of the molecule is Cc1cc(C(N)=O)c(N2CCC[C@@H](N)C2)nc1C. The first-order valence-electron chi connectivity index (χ1n) is 6.27. The lowest BCUT2D eigenvalue weighted by molar-refractivity contribution is 0.1000. The normalized spacial score (nSPS) is 19.9. The van der Waals surface area contributed by atoms with Crippen LogP contribution in [0.25, 0.3) is 0 Å². The van der Waals surface area contributed by atoms with E-state index < -0.39 is 5.91 Å². The van der Waals surface area contributed by atoms with Crippen molar-refractivity contribution < 1.29 is 4.79 Å². The molecule has 0 aliphatic carbocycles. The third-order valence-corrected chi connectivity index (χ3v) is 3.47. The highest BCUT2D eigenvalue weighted by molar-refractivity contribution is 5.98. The van der Waals surface area contributed by atoms with E-state index in [4.69, 9.17) is 11.5 Å². The lowest BCUT2D eigenvalue weighted by Gasteiger charge is -2.32. The summed E-state index contributed by atoms with van der Waals surface area (Å²) in [6.45, 7) is 5.48. The fourth-order valence-corrected chi connectivity index (χ4v) is 2.32. The van der Waals surface area contributed by atoms with Crippen molar-refractivity contribution in [2.75, 3.05) is 18.0 Å². The Morgan fingerprint density at radius 3 is 2.83 bits per heavy atom. The largest absolute Gasteiger partial charge is 0.365 e. The van der Waals surface area contributed by atoms with Crippen molar-refractivity contribution in [2.24, 2.45) is 11.5 Å². The van der Waals surface area contributed by atoms with Crippen LogP contribution in [0, 0.1) is 13.8 Å². The van der Waals surface area contributed by atoms with E-state index in [9.17, 15) is 4.79 Å². The van der Waals surface area contributed by atoms with E-state index in [0.29, 0.717) is 11.4 Å². The van der Waals surface area contributed by atoms with E-state index in [1.807, 2.05) is 19.9 Å². The number of carbonyl (C=O) groups is 1. The Bertz CT molecular complexity index is 472. The Morgan fingerprint density at radius 2 is 2.22 bits per heavy atom. The molecule has 0 unspecified atom stereocenters. The molecule has 1 atom stereocenters. The van der Waals surface area contributed by atoms with Crippen molar-refractivity contribution >= 4 is 11.7 Å². The van der Waals surface area contributed by atoms with E-state index in [-0.39, 0.29) is 6.04 Å². The second-order valence-electron chi connectivity index (χ2n) is 4.97. The molecule has 2 heterocycles. The van der Waals surface area contributed by atoms with Crippen LogP contribution >= 0.6 is 0 Å². The quantitative estimate of drug-likeness (QED) is 0.807. The van der Waals surface area contributed by atoms with Crippen LogP contribution in [0.2, 0.25) is 0 Å². The van der Waals surface area contributed by atoms with E-state index in [1.165, 1.54) is 0 Å². The number of piperidine rings is 1. The van der Waals surface area contributed by atoms with Crippen LogP contribution in [0.1, 0.15) is 34.5 Å². The zero-order valence-electron chi connectivity index (χ0n) is 10.9. The highest BCUT2D eigenvalue weighted by Crippen LogP contribution is 2.23. The van der Waals surface area contributed by atoms with Gasteiger partial charge in [0.25, 0.3) is 5.91 Å². The van der Waals surface area contributed by atoms with Gasteiger partial charge >= 0.3 is 0 Å². The van der Waals surface area contributed by atoms with Crippen molar-refractivity contribution in [1.29, 1.82) is 0 Å². The van der Waals surface area contributed by atoms with Crippen molar-refractivity contribution in [3.8, 4) is 0 Å². The number of carbonyl (C=O) groups excluding carboxylic acids is 1. The van der Waals surface area contributed by atoms with Crippen LogP contribution in [0.15, 0.2) is 6.07 Å². The molecule has 5 nitrogen and oxygen atoms in total. The molecule has 1 aliphatic rings. The molecule has 18 heavy (non-hydrogen) atoms. The molecule has 1 amide bonds. The average Bonchev–Trinajstić information content (AvgIpc) is 2.31. The summed E-state index contributed by atoms with van der Waals surface area (Å²) in [6.07, 6.45) is 2.04. The maximum Gasteiger partial charge on any atom is 0.252 e. The van der Waals surface area contributed by atoms with Gasteiger partial charge < -0.3 is 16.4 Å². The second-order valence-corrected chi connectivity index (χ2v) is 4.97. The van der Waals surface area contributed by atoms with Crippen molar-refractivity contribution in [3.05, 3.63) is 22.9 Å². The summed E-state index contributed by atoms with van der Waals surface area (Å²) < 4.78 is 0. The van der Waals surface area contributed by atoms with Crippen molar-refractivity contribution in [2.45, 2.75) is 32.7 Å². The Morgan fingerprint density at radius 1 is 1.50 bits per heavy atom.